The number of hydrogen-bond donors (Lipinski definition) is 2. The molecule has 3 aliphatic rings. The number of fused-ring (bicyclic) bond motifs is 3. The van der Waals surface area contributed by atoms with E-state index in [4.69, 9.17) is 23.7 Å². The molecule has 1 saturated heterocycles. The predicted molar refractivity (Wildman–Crippen MR) is 141 cm³/mol. The molecule has 12 heteroatoms. The molecule has 0 aromatic rings. The number of allylic oxidation sites excluding steroid dienone is 1. The number of carbonyl (C=O) groups excluding carboxylic acids is 5. The van der Waals surface area contributed by atoms with Crippen LogP contribution in [-0.4, -0.2) is 81.3 Å². The van der Waals surface area contributed by atoms with Crippen molar-refractivity contribution in [2.24, 2.45) is 11.8 Å². The summed E-state index contributed by atoms with van der Waals surface area (Å²) in [6, 6.07) is 0. The average Bonchev–Trinajstić information content (AvgIpc) is 3.20. The van der Waals surface area contributed by atoms with Gasteiger partial charge in [-0.25, -0.2) is 9.59 Å². The highest BCUT2D eigenvalue weighted by atomic mass is 16.6. The summed E-state index contributed by atoms with van der Waals surface area (Å²) < 4.78 is 28.6. The highest BCUT2D eigenvalue weighted by Gasteiger charge is 2.76. The van der Waals surface area contributed by atoms with Crippen molar-refractivity contribution >= 4 is 29.8 Å². The van der Waals surface area contributed by atoms with E-state index in [1.165, 1.54) is 26.8 Å². The third kappa shape index (κ3) is 5.27. The van der Waals surface area contributed by atoms with Gasteiger partial charge in [0.15, 0.2) is 29.5 Å². The second-order valence-corrected chi connectivity index (χ2v) is 11.5. The Kier molecular flexibility index (Phi) is 8.82. The Morgan fingerprint density at radius 2 is 1.68 bits per heavy atom. The van der Waals surface area contributed by atoms with Crippen molar-refractivity contribution in [1.82, 2.24) is 0 Å². The van der Waals surface area contributed by atoms with Gasteiger partial charge < -0.3 is 33.9 Å². The van der Waals surface area contributed by atoms with Gasteiger partial charge in [0.25, 0.3) is 0 Å². The first kappa shape index (κ1) is 32.3. The summed E-state index contributed by atoms with van der Waals surface area (Å²) in [4.78, 5) is 63.7. The third-order valence-corrected chi connectivity index (χ3v) is 8.61. The summed E-state index contributed by atoms with van der Waals surface area (Å²) in [5.74, 6) is -5.85. The molecule has 2 fully saturated rings. The first-order chi connectivity index (χ1) is 18.9. The van der Waals surface area contributed by atoms with Crippen molar-refractivity contribution in [3.63, 3.8) is 0 Å². The number of aliphatic hydroxyl groups is 2. The second kappa shape index (κ2) is 11.2. The standard InChI is InChI=1S/C29H40O12/c1-10-13(3)24(32)38-18-12-27(8,41-17(7)31)20-19(23-29(18,36)28(9,35)26(34)40-23)15(5)21(22(20)37-16(6)30)39-25(33)14(4)11-2/h11,13,18,20-23,35-36H,10,12H2,1-9H3/t13-,18-,20+,21-,22-,23-,27-,28+,29+/m0/s1. The summed E-state index contributed by atoms with van der Waals surface area (Å²) in [6.07, 6.45) is -4.28. The molecule has 2 N–H and O–H groups in total. The van der Waals surface area contributed by atoms with Crippen LogP contribution in [0.1, 0.15) is 75.2 Å². The van der Waals surface area contributed by atoms with E-state index in [-0.39, 0.29) is 16.7 Å². The van der Waals surface area contributed by atoms with Crippen LogP contribution >= 0.6 is 0 Å². The van der Waals surface area contributed by atoms with Gasteiger partial charge in [-0.1, -0.05) is 19.9 Å². The Balaban J connectivity index is 2.34. The van der Waals surface area contributed by atoms with E-state index in [2.05, 4.69) is 0 Å². The normalized spacial score (nSPS) is 37.3. The van der Waals surface area contributed by atoms with Crippen LogP contribution < -0.4 is 0 Å². The van der Waals surface area contributed by atoms with E-state index in [0.29, 0.717) is 6.42 Å². The molecule has 3 rings (SSSR count). The largest absolute Gasteiger partial charge is 0.459 e. The summed E-state index contributed by atoms with van der Waals surface area (Å²) in [6.45, 7) is 12.9. The van der Waals surface area contributed by atoms with E-state index in [1.54, 1.807) is 20.8 Å². The number of ether oxygens (including phenoxy) is 5. The Hall–Kier alpha value is -3.25. The molecule has 2 aliphatic carbocycles. The smallest absolute Gasteiger partial charge is 0.341 e. The molecule has 1 aliphatic heterocycles. The lowest BCUT2D eigenvalue weighted by molar-refractivity contribution is -0.213. The molecule has 1 saturated carbocycles. The summed E-state index contributed by atoms with van der Waals surface area (Å²) in [5.41, 5.74) is -6.19. The number of rotatable bonds is 7. The van der Waals surface area contributed by atoms with Gasteiger partial charge in [-0.2, -0.15) is 0 Å². The molecule has 0 radical (unpaired) electrons. The van der Waals surface area contributed by atoms with E-state index in [9.17, 15) is 34.2 Å². The third-order valence-electron chi connectivity index (χ3n) is 8.61. The summed E-state index contributed by atoms with van der Waals surface area (Å²) in [7, 11) is 0. The highest BCUT2D eigenvalue weighted by Crippen LogP contribution is 2.57. The van der Waals surface area contributed by atoms with Crippen LogP contribution in [0.15, 0.2) is 22.8 Å². The van der Waals surface area contributed by atoms with Gasteiger partial charge in [0.2, 0.25) is 0 Å². The van der Waals surface area contributed by atoms with Crippen LogP contribution in [0, 0.1) is 11.8 Å². The van der Waals surface area contributed by atoms with E-state index < -0.39 is 89.3 Å². The van der Waals surface area contributed by atoms with E-state index in [1.807, 2.05) is 0 Å². The molecule has 0 bridgehead atoms. The van der Waals surface area contributed by atoms with Crippen LogP contribution in [-0.2, 0) is 47.7 Å². The quantitative estimate of drug-likeness (QED) is 0.194. The minimum Gasteiger partial charge on any atom is -0.459 e. The topological polar surface area (TPSA) is 172 Å². The van der Waals surface area contributed by atoms with Gasteiger partial charge in [-0.3, -0.25) is 14.4 Å². The molecular weight excluding hydrogens is 540 g/mol. The average molecular weight is 581 g/mol. The molecule has 12 nitrogen and oxygen atoms in total. The van der Waals surface area contributed by atoms with Crippen LogP contribution in [0.5, 0.6) is 0 Å². The van der Waals surface area contributed by atoms with Gasteiger partial charge in [-0.05, 0) is 52.2 Å². The second-order valence-electron chi connectivity index (χ2n) is 11.5. The van der Waals surface area contributed by atoms with Crippen LogP contribution in [0.25, 0.3) is 0 Å². The maximum atomic E-state index is 13.0. The number of esters is 5. The maximum Gasteiger partial charge on any atom is 0.341 e. The number of hydrogen-bond acceptors (Lipinski definition) is 12. The Bertz CT molecular complexity index is 1200. The fourth-order valence-electron chi connectivity index (χ4n) is 6.01. The zero-order valence-corrected chi connectivity index (χ0v) is 24.9. The van der Waals surface area contributed by atoms with Crippen molar-refractivity contribution in [3.8, 4) is 0 Å². The first-order valence-electron chi connectivity index (χ1n) is 13.6. The molecule has 0 aromatic heterocycles. The molecule has 9 atom stereocenters. The van der Waals surface area contributed by atoms with Crippen molar-refractivity contribution < 1.29 is 57.9 Å². The molecule has 0 aromatic carbocycles. The Morgan fingerprint density at radius 1 is 1.07 bits per heavy atom. The van der Waals surface area contributed by atoms with Gasteiger partial charge in [0.1, 0.15) is 11.7 Å². The number of carbonyl (C=O) groups is 5. The molecular formula is C29H40O12. The van der Waals surface area contributed by atoms with E-state index in [0.717, 1.165) is 20.8 Å². The minimum atomic E-state index is -2.58. The van der Waals surface area contributed by atoms with Crippen molar-refractivity contribution in [2.75, 3.05) is 0 Å². The fourth-order valence-corrected chi connectivity index (χ4v) is 6.01. The molecule has 1 heterocycles. The highest BCUT2D eigenvalue weighted by molar-refractivity contribution is 5.88. The minimum absolute atomic E-state index is 0.117. The predicted octanol–water partition coefficient (Wildman–Crippen LogP) is 1.83. The monoisotopic (exact) mass is 580 g/mol. The zero-order valence-electron chi connectivity index (χ0n) is 24.9. The Labute approximate surface area is 239 Å². The lowest BCUT2D eigenvalue weighted by atomic mass is 9.75. The molecule has 0 spiro atoms. The van der Waals surface area contributed by atoms with Crippen LogP contribution in [0.4, 0.5) is 0 Å². The molecule has 228 valence electrons. The molecule has 0 unspecified atom stereocenters. The molecule has 41 heavy (non-hydrogen) atoms. The summed E-state index contributed by atoms with van der Waals surface area (Å²) >= 11 is 0. The maximum absolute atomic E-state index is 13.0. The van der Waals surface area contributed by atoms with Gasteiger partial charge in [0, 0.05) is 25.8 Å². The first-order valence-corrected chi connectivity index (χ1v) is 13.6. The van der Waals surface area contributed by atoms with Crippen molar-refractivity contribution in [1.29, 1.82) is 0 Å². The lowest BCUT2D eigenvalue weighted by Gasteiger charge is -2.42. The van der Waals surface area contributed by atoms with Crippen LogP contribution in [0.3, 0.4) is 0 Å². The van der Waals surface area contributed by atoms with Crippen LogP contribution in [0.2, 0.25) is 0 Å². The van der Waals surface area contributed by atoms with E-state index >= 15 is 0 Å². The van der Waals surface area contributed by atoms with Gasteiger partial charge in [0.05, 0.1) is 11.8 Å². The fraction of sp³-hybridized carbons (Fsp3) is 0.690. The zero-order chi connectivity index (χ0) is 31.2. The van der Waals surface area contributed by atoms with Gasteiger partial charge in [-0.15, -0.1) is 0 Å². The Morgan fingerprint density at radius 3 is 2.20 bits per heavy atom. The van der Waals surface area contributed by atoms with Gasteiger partial charge >= 0.3 is 29.8 Å². The van der Waals surface area contributed by atoms with Crippen molar-refractivity contribution in [2.45, 2.75) is 116 Å². The SMILES string of the molecule is CC=C(C)C(=O)O[C@H]1C(C)=C2[C@H]([C@@H]1OC(C)=O)[C@@](C)(OC(C)=O)C[C@H](OC(=O)[C@@H](C)CC)[C@@]1(O)[C@H]2OC(=O)[C@@]1(C)O. The lowest BCUT2D eigenvalue weighted by Crippen LogP contribution is -2.64. The molecule has 0 amide bonds. The van der Waals surface area contributed by atoms with Crippen molar-refractivity contribution in [3.05, 3.63) is 22.8 Å². The summed E-state index contributed by atoms with van der Waals surface area (Å²) in [5, 5.41) is 23.7.